The van der Waals surface area contributed by atoms with Gasteiger partial charge >= 0.3 is 0 Å². The number of aromatic nitrogens is 1. The highest BCUT2D eigenvalue weighted by Gasteiger charge is 2.38. The van der Waals surface area contributed by atoms with Crippen LogP contribution in [-0.4, -0.2) is 43.1 Å². The van der Waals surface area contributed by atoms with Crippen LogP contribution in [0.25, 0.3) is 0 Å². The molecule has 0 saturated carbocycles. The summed E-state index contributed by atoms with van der Waals surface area (Å²) < 4.78 is 16.4. The van der Waals surface area contributed by atoms with E-state index in [-0.39, 0.29) is 6.61 Å². The maximum absolute atomic E-state index is 9.24. The molecule has 19 heavy (non-hydrogen) atoms. The van der Waals surface area contributed by atoms with Gasteiger partial charge in [-0.15, -0.1) is 0 Å². The molecule has 2 heterocycles. The lowest BCUT2D eigenvalue weighted by molar-refractivity contribution is -0.0248. The predicted molar refractivity (Wildman–Crippen MR) is 70.5 cm³/mol. The molecule has 0 aliphatic carbocycles. The van der Waals surface area contributed by atoms with Crippen LogP contribution in [0.5, 0.6) is 5.75 Å². The van der Waals surface area contributed by atoms with Gasteiger partial charge in [-0.05, 0) is 6.92 Å². The molecule has 1 N–H and O–H groups in total. The van der Waals surface area contributed by atoms with Crippen LogP contribution in [0, 0.1) is 0 Å². The van der Waals surface area contributed by atoms with E-state index in [0.29, 0.717) is 29.8 Å². The predicted octanol–water partition coefficient (Wildman–Crippen LogP) is 1.76. The molecule has 2 atom stereocenters. The lowest BCUT2D eigenvalue weighted by Gasteiger charge is -2.25. The van der Waals surface area contributed by atoms with Gasteiger partial charge in [-0.1, -0.05) is 11.6 Å². The van der Waals surface area contributed by atoms with E-state index in [1.165, 1.54) is 0 Å². The monoisotopic (exact) mass is 287 g/mol. The van der Waals surface area contributed by atoms with E-state index >= 15 is 0 Å². The third-order valence-electron chi connectivity index (χ3n) is 3.10. The quantitative estimate of drug-likeness (QED) is 0.836. The first-order valence-corrected chi connectivity index (χ1v) is 6.55. The van der Waals surface area contributed by atoms with E-state index in [1.807, 2.05) is 0 Å². The van der Waals surface area contributed by atoms with E-state index in [9.17, 15) is 5.11 Å². The molecule has 0 amide bonds. The van der Waals surface area contributed by atoms with Crippen molar-refractivity contribution in [3.63, 3.8) is 0 Å². The number of pyridine rings is 1. The number of ether oxygens (including phenoxy) is 3. The highest BCUT2D eigenvalue weighted by molar-refractivity contribution is 6.29. The molecular formula is C13H18ClNO4. The number of rotatable bonds is 5. The van der Waals surface area contributed by atoms with Crippen molar-refractivity contribution in [1.29, 1.82) is 0 Å². The number of hydrogen-bond acceptors (Lipinski definition) is 5. The molecule has 0 unspecified atom stereocenters. The Labute approximate surface area is 117 Å². The van der Waals surface area contributed by atoms with E-state index in [0.717, 1.165) is 6.42 Å². The lowest BCUT2D eigenvalue weighted by Crippen LogP contribution is -2.30. The van der Waals surface area contributed by atoms with E-state index in [4.69, 9.17) is 25.8 Å². The molecule has 1 aromatic heterocycles. The molecule has 0 bridgehead atoms. The van der Waals surface area contributed by atoms with Crippen LogP contribution in [0.15, 0.2) is 12.1 Å². The van der Waals surface area contributed by atoms with Crippen LogP contribution in [0.3, 0.4) is 0 Å². The molecule has 1 aliphatic rings. The molecule has 0 radical (unpaired) electrons. The number of hydrogen-bond donors (Lipinski definition) is 1. The molecule has 1 saturated heterocycles. The van der Waals surface area contributed by atoms with Crippen molar-refractivity contribution in [1.82, 2.24) is 4.98 Å². The van der Waals surface area contributed by atoms with E-state index in [2.05, 4.69) is 4.98 Å². The molecule has 5 nitrogen and oxygen atoms in total. The fraction of sp³-hybridized carbons (Fsp3) is 0.615. The molecule has 0 aromatic carbocycles. The summed E-state index contributed by atoms with van der Waals surface area (Å²) in [5.41, 5.74) is 0.133. The topological polar surface area (TPSA) is 60.8 Å². The fourth-order valence-electron chi connectivity index (χ4n) is 2.02. The minimum atomic E-state index is -0.562. The van der Waals surface area contributed by atoms with Crippen molar-refractivity contribution in [3.8, 4) is 5.75 Å². The Morgan fingerprint density at radius 1 is 1.58 bits per heavy atom. The summed E-state index contributed by atoms with van der Waals surface area (Å²) in [4.78, 5) is 4.30. The van der Waals surface area contributed by atoms with Gasteiger partial charge < -0.3 is 19.3 Å². The van der Waals surface area contributed by atoms with Crippen molar-refractivity contribution in [2.45, 2.75) is 25.0 Å². The van der Waals surface area contributed by atoms with Gasteiger partial charge in [0.05, 0.1) is 18.4 Å². The number of aliphatic hydroxyl groups excluding tert-OH is 1. The van der Waals surface area contributed by atoms with Crippen LogP contribution in [0.4, 0.5) is 0 Å². The molecule has 1 fully saturated rings. The average molecular weight is 288 g/mol. The highest BCUT2D eigenvalue weighted by Crippen LogP contribution is 2.35. The summed E-state index contributed by atoms with van der Waals surface area (Å²) in [6.07, 6.45) is 0.189. The zero-order chi connectivity index (χ0) is 13.9. The van der Waals surface area contributed by atoms with Crippen molar-refractivity contribution >= 4 is 11.6 Å². The summed E-state index contributed by atoms with van der Waals surface area (Å²) in [6, 6.07) is 3.40. The zero-order valence-electron chi connectivity index (χ0n) is 11.1. The van der Waals surface area contributed by atoms with Gasteiger partial charge in [-0.2, -0.15) is 0 Å². The van der Waals surface area contributed by atoms with Gasteiger partial charge in [0.1, 0.15) is 23.1 Å². The van der Waals surface area contributed by atoms with Gasteiger partial charge in [0.25, 0.3) is 0 Å². The molecule has 106 valence electrons. The van der Waals surface area contributed by atoms with Crippen LogP contribution in [0.2, 0.25) is 5.15 Å². The maximum Gasteiger partial charge on any atom is 0.135 e. The maximum atomic E-state index is 9.24. The minimum Gasteiger partial charge on any atom is -0.491 e. The summed E-state index contributed by atoms with van der Waals surface area (Å²) >= 11 is 6.01. The Morgan fingerprint density at radius 2 is 2.37 bits per heavy atom. The van der Waals surface area contributed by atoms with E-state index < -0.39 is 11.7 Å². The van der Waals surface area contributed by atoms with Crippen LogP contribution in [0.1, 0.15) is 19.0 Å². The van der Waals surface area contributed by atoms with Crippen LogP contribution >= 0.6 is 11.6 Å². The lowest BCUT2D eigenvalue weighted by atomic mass is 9.98. The number of halogens is 1. The number of aliphatic hydroxyl groups is 1. The second-order valence-corrected chi connectivity index (χ2v) is 5.06. The zero-order valence-corrected chi connectivity index (χ0v) is 11.8. The first-order chi connectivity index (χ1) is 9.05. The van der Waals surface area contributed by atoms with Crippen molar-refractivity contribution in [3.05, 3.63) is 23.0 Å². The van der Waals surface area contributed by atoms with Gasteiger partial charge in [0, 0.05) is 32.3 Å². The Hall–Kier alpha value is -0.880. The summed E-state index contributed by atoms with van der Waals surface area (Å²) in [6.45, 7) is 2.94. The van der Waals surface area contributed by atoms with Crippen LogP contribution < -0.4 is 4.74 Å². The third kappa shape index (κ3) is 3.36. The Morgan fingerprint density at radius 3 is 2.95 bits per heavy atom. The van der Waals surface area contributed by atoms with Crippen molar-refractivity contribution < 1.29 is 19.3 Å². The molecule has 1 aliphatic heterocycles. The minimum absolute atomic E-state index is 0.205. The molecule has 2 rings (SSSR count). The van der Waals surface area contributed by atoms with Crippen molar-refractivity contribution in [2.75, 3.05) is 26.9 Å². The molecular weight excluding hydrogens is 270 g/mol. The normalized spacial score (nSPS) is 24.4. The smallest absolute Gasteiger partial charge is 0.135 e. The summed E-state index contributed by atoms with van der Waals surface area (Å²) in [5.74, 6) is 0.569. The van der Waals surface area contributed by atoms with Gasteiger partial charge in [-0.3, -0.25) is 0 Å². The number of methoxy groups -OCH3 is 1. The largest absolute Gasteiger partial charge is 0.491 e. The van der Waals surface area contributed by atoms with Gasteiger partial charge in [-0.25, -0.2) is 4.98 Å². The Bertz CT molecular complexity index is 433. The second kappa shape index (κ2) is 6.05. The third-order valence-corrected chi connectivity index (χ3v) is 3.30. The Kier molecular flexibility index (Phi) is 4.62. The SMILES string of the molecule is CO[C@@]1(c2cc(OC[C@@H](C)O)cc(Cl)n2)CCOC1. The first kappa shape index (κ1) is 14.5. The van der Waals surface area contributed by atoms with Crippen molar-refractivity contribution in [2.24, 2.45) is 0 Å². The summed E-state index contributed by atoms with van der Waals surface area (Å²) in [5, 5.41) is 9.58. The second-order valence-electron chi connectivity index (χ2n) is 4.67. The standard InChI is InChI=1S/C13H18ClNO4/c1-9(16)7-19-10-5-11(15-12(14)6-10)13(17-2)3-4-18-8-13/h5-6,9,16H,3-4,7-8H2,1-2H3/t9-,13+/m1/s1. The van der Waals surface area contributed by atoms with Crippen LogP contribution in [-0.2, 0) is 15.1 Å². The molecule has 6 heteroatoms. The fourth-order valence-corrected chi connectivity index (χ4v) is 2.22. The average Bonchev–Trinajstić information content (AvgIpc) is 2.86. The number of nitrogens with zero attached hydrogens (tertiary/aromatic N) is 1. The van der Waals surface area contributed by atoms with E-state index in [1.54, 1.807) is 26.2 Å². The van der Waals surface area contributed by atoms with Gasteiger partial charge in [0.2, 0.25) is 0 Å². The first-order valence-electron chi connectivity index (χ1n) is 6.17. The highest BCUT2D eigenvalue weighted by atomic mass is 35.5. The van der Waals surface area contributed by atoms with Gasteiger partial charge in [0.15, 0.2) is 0 Å². The molecule has 1 aromatic rings. The Balaban J connectivity index is 2.25. The summed E-state index contributed by atoms with van der Waals surface area (Å²) in [7, 11) is 1.63. The molecule has 0 spiro atoms.